The van der Waals surface area contributed by atoms with E-state index in [2.05, 4.69) is 10.6 Å². The second-order valence-electron chi connectivity index (χ2n) is 7.23. The molecule has 0 aliphatic carbocycles. The average molecular weight is 400 g/mol. The number of carbonyl (C=O) groups excluding carboxylic acids is 2. The van der Waals surface area contributed by atoms with E-state index in [0.717, 1.165) is 23.2 Å². The van der Waals surface area contributed by atoms with Crippen molar-refractivity contribution in [3.63, 3.8) is 0 Å². The number of aryl methyl sites for hydroxylation is 1. The van der Waals surface area contributed by atoms with Gasteiger partial charge in [0.25, 0.3) is 0 Å². The van der Waals surface area contributed by atoms with Crippen LogP contribution in [0.4, 0.5) is 0 Å². The Balaban J connectivity index is 1.80. The van der Waals surface area contributed by atoms with Crippen LogP contribution in [0.1, 0.15) is 42.1 Å². The maximum absolute atomic E-state index is 13.2. The molecule has 6 heteroatoms. The van der Waals surface area contributed by atoms with Gasteiger partial charge in [0.05, 0.1) is 18.5 Å². The number of rotatable bonds is 5. The van der Waals surface area contributed by atoms with Crippen LogP contribution >= 0.6 is 11.6 Å². The summed E-state index contributed by atoms with van der Waals surface area (Å²) in [5.41, 5.74) is 3.09. The van der Waals surface area contributed by atoms with Gasteiger partial charge in [0.1, 0.15) is 0 Å². The second-order valence-corrected chi connectivity index (χ2v) is 7.67. The van der Waals surface area contributed by atoms with Gasteiger partial charge in [-0.15, -0.1) is 0 Å². The van der Waals surface area contributed by atoms with Crippen molar-refractivity contribution in [3.05, 3.63) is 70.2 Å². The van der Waals surface area contributed by atoms with E-state index in [4.69, 9.17) is 11.6 Å². The number of hydrogen-bond acceptors (Lipinski definition) is 3. The van der Waals surface area contributed by atoms with Crippen molar-refractivity contribution in [2.45, 2.75) is 32.4 Å². The van der Waals surface area contributed by atoms with E-state index in [9.17, 15) is 9.59 Å². The van der Waals surface area contributed by atoms with Gasteiger partial charge in [0.2, 0.25) is 11.8 Å². The highest BCUT2D eigenvalue weighted by atomic mass is 35.5. The normalized spacial score (nSPS) is 17.8. The molecular formula is C22H26ClN3O2. The maximum atomic E-state index is 13.2. The topological polar surface area (TPSA) is 61.4 Å². The number of nitrogens with zero attached hydrogens (tertiary/aromatic N) is 1. The van der Waals surface area contributed by atoms with Crippen molar-refractivity contribution >= 4 is 23.4 Å². The highest BCUT2D eigenvalue weighted by Gasteiger charge is 2.30. The lowest BCUT2D eigenvalue weighted by Crippen LogP contribution is -2.49. The van der Waals surface area contributed by atoms with Crippen LogP contribution in [0.5, 0.6) is 0 Å². The Kier molecular flexibility index (Phi) is 6.70. The lowest BCUT2D eigenvalue weighted by atomic mass is 9.99. The Morgan fingerprint density at radius 2 is 2.00 bits per heavy atom. The third-order valence-corrected chi connectivity index (χ3v) is 5.27. The first kappa shape index (κ1) is 20.4. The summed E-state index contributed by atoms with van der Waals surface area (Å²) in [6.07, 6.45) is 0.222. The van der Waals surface area contributed by atoms with Crippen LogP contribution in [0.3, 0.4) is 0 Å². The number of benzene rings is 2. The first-order chi connectivity index (χ1) is 13.4. The smallest absolute Gasteiger partial charge is 0.225 e. The SMILES string of the molecule is CC(=O)NC(CC(=O)N1CCNCC1c1cccc(Cl)c1)c1ccc(C)cc1. The Bertz CT molecular complexity index is 838. The third kappa shape index (κ3) is 5.12. The van der Waals surface area contributed by atoms with Crippen molar-refractivity contribution < 1.29 is 9.59 Å². The number of hydrogen-bond donors (Lipinski definition) is 2. The van der Waals surface area contributed by atoms with Gasteiger partial charge in [-0.25, -0.2) is 0 Å². The van der Waals surface area contributed by atoms with Crippen molar-refractivity contribution in [1.82, 2.24) is 15.5 Å². The Morgan fingerprint density at radius 3 is 2.68 bits per heavy atom. The number of piperazine rings is 1. The zero-order valence-corrected chi connectivity index (χ0v) is 17.0. The molecule has 0 saturated carbocycles. The molecule has 2 atom stereocenters. The fraction of sp³-hybridized carbons (Fsp3) is 0.364. The van der Waals surface area contributed by atoms with E-state index in [1.54, 1.807) is 0 Å². The van der Waals surface area contributed by atoms with E-state index in [0.29, 0.717) is 18.1 Å². The maximum Gasteiger partial charge on any atom is 0.225 e. The zero-order chi connectivity index (χ0) is 20.1. The minimum atomic E-state index is -0.347. The van der Waals surface area contributed by atoms with Crippen LogP contribution in [0.2, 0.25) is 5.02 Å². The predicted molar refractivity (Wildman–Crippen MR) is 111 cm³/mol. The first-order valence-corrected chi connectivity index (χ1v) is 9.91. The second kappa shape index (κ2) is 9.22. The molecule has 2 amide bonds. The Morgan fingerprint density at radius 1 is 1.25 bits per heavy atom. The first-order valence-electron chi connectivity index (χ1n) is 9.53. The molecule has 28 heavy (non-hydrogen) atoms. The van der Waals surface area contributed by atoms with Crippen molar-refractivity contribution in [2.75, 3.05) is 19.6 Å². The summed E-state index contributed by atoms with van der Waals surface area (Å²) < 4.78 is 0. The number of amides is 2. The molecule has 1 aliphatic heterocycles. The summed E-state index contributed by atoms with van der Waals surface area (Å²) in [4.78, 5) is 26.8. The molecule has 0 radical (unpaired) electrons. The summed E-state index contributed by atoms with van der Waals surface area (Å²) in [7, 11) is 0. The molecule has 2 aromatic carbocycles. The molecule has 1 heterocycles. The van der Waals surface area contributed by atoms with Crippen LogP contribution in [0.15, 0.2) is 48.5 Å². The van der Waals surface area contributed by atoms with Crippen molar-refractivity contribution in [2.24, 2.45) is 0 Å². The molecular weight excluding hydrogens is 374 g/mol. The highest BCUT2D eigenvalue weighted by Crippen LogP contribution is 2.27. The fourth-order valence-electron chi connectivity index (χ4n) is 3.60. The molecule has 1 fully saturated rings. The molecule has 1 saturated heterocycles. The molecule has 148 valence electrons. The number of halogens is 1. The van der Waals surface area contributed by atoms with Crippen LogP contribution < -0.4 is 10.6 Å². The molecule has 3 rings (SSSR count). The molecule has 2 aromatic rings. The third-order valence-electron chi connectivity index (χ3n) is 5.03. The zero-order valence-electron chi connectivity index (χ0n) is 16.2. The van der Waals surface area contributed by atoms with Crippen LogP contribution in [0.25, 0.3) is 0 Å². The predicted octanol–water partition coefficient (Wildman–Crippen LogP) is 3.39. The van der Waals surface area contributed by atoms with Crippen molar-refractivity contribution in [1.29, 1.82) is 0 Å². The van der Waals surface area contributed by atoms with Gasteiger partial charge >= 0.3 is 0 Å². The molecule has 5 nitrogen and oxygen atoms in total. The molecule has 0 bridgehead atoms. The minimum Gasteiger partial charge on any atom is -0.349 e. The molecule has 2 unspecified atom stereocenters. The molecule has 1 aliphatic rings. The molecule has 0 aromatic heterocycles. The van der Waals surface area contributed by atoms with Gasteiger partial charge in [0, 0.05) is 31.6 Å². The summed E-state index contributed by atoms with van der Waals surface area (Å²) in [6.45, 7) is 5.54. The van der Waals surface area contributed by atoms with Gasteiger partial charge in [-0.1, -0.05) is 53.6 Å². The molecule has 2 N–H and O–H groups in total. The lowest BCUT2D eigenvalue weighted by molar-refractivity contribution is -0.135. The van der Waals surface area contributed by atoms with E-state index in [1.165, 1.54) is 6.92 Å². The summed E-state index contributed by atoms with van der Waals surface area (Å²) >= 11 is 6.15. The van der Waals surface area contributed by atoms with Crippen molar-refractivity contribution in [3.8, 4) is 0 Å². The monoisotopic (exact) mass is 399 g/mol. The number of nitrogens with one attached hydrogen (secondary N) is 2. The van der Waals surface area contributed by atoms with E-state index < -0.39 is 0 Å². The Hall–Kier alpha value is -2.37. The summed E-state index contributed by atoms with van der Waals surface area (Å²) in [5.74, 6) is -0.129. The van der Waals surface area contributed by atoms with Gasteiger partial charge < -0.3 is 15.5 Å². The summed E-state index contributed by atoms with van der Waals surface area (Å²) in [6, 6.07) is 15.1. The number of carbonyl (C=O) groups is 2. The van der Waals surface area contributed by atoms with Crippen LogP contribution in [0, 0.1) is 6.92 Å². The van der Waals surface area contributed by atoms with E-state index in [1.807, 2.05) is 60.4 Å². The summed E-state index contributed by atoms with van der Waals surface area (Å²) in [5, 5.41) is 6.94. The van der Waals surface area contributed by atoms with Gasteiger partial charge in [-0.05, 0) is 30.2 Å². The standard InChI is InChI=1S/C22H26ClN3O2/c1-15-6-8-17(9-7-15)20(25-16(2)27)13-22(28)26-11-10-24-14-21(26)18-4-3-5-19(23)12-18/h3-9,12,20-21,24H,10-11,13-14H2,1-2H3,(H,25,27). The largest absolute Gasteiger partial charge is 0.349 e. The van der Waals surface area contributed by atoms with Crippen LogP contribution in [-0.4, -0.2) is 36.3 Å². The van der Waals surface area contributed by atoms with E-state index in [-0.39, 0.29) is 30.3 Å². The van der Waals surface area contributed by atoms with Gasteiger partial charge in [0.15, 0.2) is 0 Å². The molecule has 0 spiro atoms. The van der Waals surface area contributed by atoms with E-state index >= 15 is 0 Å². The fourth-order valence-corrected chi connectivity index (χ4v) is 3.80. The quantitative estimate of drug-likeness (QED) is 0.810. The highest BCUT2D eigenvalue weighted by molar-refractivity contribution is 6.30. The Labute approximate surface area is 171 Å². The van der Waals surface area contributed by atoms with Gasteiger partial charge in [-0.2, -0.15) is 0 Å². The van der Waals surface area contributed by atoms with Crippen LogP contribution in [-0.2, 0) is 9.59 Å². The minimum absolute atomic E-state index is 0.0193. The van der Waals surface area contributed by atoms with Gasteiger partial charge in [-0.3, -0.25) is 9.59 Å². The lowest BCUT2D eigenvalue weighted by Gasteiger charge is -2.37. The average Bonchev–Trinajstić information content (AvgIpc) is 2.67.